The number of carbonyl (C=O) groups is 2. The largest absolute Gasteiger partial charge is 0.326 e. The fourth-order valence-corrected chi connectivity index (χ4v) is 2.94. The van der Waals surface area contributed by atoms with Gasteiger partial charge in [0.05, 0.1) is 11.6 Å². The number of nitrogens with one attached hydrogen (secondary N) is 2. The van der Waals surface area contributed by atoms with Crippen LogP contribution in [0.5, 0.6) is 0 Å². The zero-order chi connectivity index (χ0) is 18.1. The number of aromatic nitrogens is 1. The highest BCUT2D eigenvalue weighted by Crippen LogP contribution is 2.28. The summed E-state index contributed by atoms with van der Waals surface area (Å²) in [7, 11) is 0. The van der Waals surface area contributed by atoms with Crippen LogP contribution in [0.1, 0.15) is 6.42 Å². The molecule has 6 nitrogen and oxygen atoms in total. The summed E-state index contributed by atoms with van der Waals surface area (Å²) in [5, 5.41) is 2.46. The molecule has 0 spiro atoms. The van der Waals surface area contributed by atoms with Crippen molar-refractivity contribution in [3.05, 3.63) is 56.9 Å². The van der Waals surface area contributed by atoms with Crippen molar-refractivity contribution in [3.63, 3.8) is 0 Å². The van der Waals surface area contributed by atoms with E-state index in [1.807, 2.05) is 0 Å². The molecule has 25 heavy (non-hydrogen) atoms. The Labute approximate surface area is 149 Å². The number of carbonyl (C=O) groups excluding carboxylic acids is 2. The van der Waals surface area contributed by atoms with Gasteiger partial charge in [-0.15, -0.1) is 0 Å². The highest BCUT2D eigenvalue weighted by Gasteiger charge is 2.36. The first kappa shape index (κ1) is 17.3. The number of hydrogen-bond donors (Lipinski definition) is 2. The normalized spacial score (nSPS) is 17.0. The summed E-state index contributed by atoms with van der Waals surface area (Å²) in [5.41, 5.74) is -0.525. The van der Waals surface area contributed by atoms with Gasteiger partial charge in [0.1, 0.15) is 17.3 Å². The van der Waals surface area contributed by atoms with E-state index in [4.69, 9.17) is 0 Å². The molecule has 1 saturated heterocycles. The first-order chi connectivity index (χ1) is 11.8. The Balaban J connectivity index is 1.76. The molecule has 1 fully saturated rings. The number of H-pyrrole nitrogens is 1. The molecular weight excluding hydrogens is 400 g/mol. The molecule has 1 aromatic carbocycles. The van der Waals surface area contributed by atoms with E-state index in [-0.39, 0.29) is 24.3 Å². The minimum Gasteiger partial charge on any atom is -0.326 e. The second-order valence-corrected chi connectivity index (χ2v) is 6.47. The molecule has 2 amide bonds. The summed E-state index contributed by atoms with van der Waals surface area (Å²) < 4.78 is 27.4. The van der Waals surface area contributed by atoms with Crippen molar-refractivity contribution in [2.45, 2.75) is 6.42 Å². The highest BCUT2D eigenvalue weighted by atomic mass is 79.9. The Hall–Kier alpha value is -2.55. The lowest BCUT2D eigenvalue weighted by Crippen LogP contribution is -2.30. The summed E-state index contributed by atoms with van der Waals surface area (Å²) in [5.74, 6) is -3.36. The van der Waals surface area contributed by atoms with Gasteiger partial charge in [-0.25, -0.2) is 8.78 Å². The van der Waals surface area contributed by atoms with E-state index in [0.717, 1.165) is 17.0 Å². The van der Waals surface area contributed by atoms with E-state index < -0.39 is 34.9 Å². The van der Waals surface area contributed by atoms with Gasteiger partial charge in [0.2, 0.25) is 11.8 Å². The van der Waals surface area contributed by atoms with Crippen molar-refractivity contribution >= 4 is 39.1 Å². The molecule has 3 rings (SSSR count). The van der Waals surface area contributed by atoms with Crippen LogP contribution in [0.3, 0.4) is 0 Å². The van der Waals surface area contributed by atoms with Gasteiger partial charge in [-0.05, 0) is 34.1 Å². The lowest BCUT2D eigenvalue weighted by atomic mass is 10.1. The van der Waals surface area contributed by atoms with Gasteiger partial charge < -0.3 is 15.2 Å². The predicted molar refractivity (Wildman–Crippen MR) is 90.2 cm³/mol. The molecule has 2 N–H and O–H groups in total. The molecule has 9 heteroatoms. The van der Waals surface area contributed by atoms with Crippen molar-refractivity contribution < 1.29 is 18.4 Å². The number of anilines is 2. The van der Waals surface area contributed by atoms with Gasteiger partial charge in [0, 0.05) is 29.7 Å². The number of nitrogens with zero attached hydrogens (tertiary/aromatic N) is 1. The third kappa shape index (κ3) is 3.60. The summed E-state index contributed by atoms with van der Waals surface area (Å²) >= 11 is 3.18. The lowest BCUT2D eigenvalue weighted by Gasteiger charge is -2.17. The van der Waals surface area contributed by atoms with Crippen molar-refractivity contribution in [3.8, 4) is 0 Å². The molecule has 2 heterocycles. The quantitative estimate of drug-likeness (QED) is 0.813. The van der Waals surface area contributed by atoms with E-state index in [2.05, 4.69) is 26.2 Å². The Morgan fingerprint density at radius 3 is 2.76 bits per heavy atom. The molecule has 1 unspecified atom stereocenters. The van der Waals surface area contributed by atoms with Crippen molar-refractivity contribution in [2.75, 3.05) is 16.8 Å². The SMILES string of the molecule is O=C(Nc1cc(Br)c[nH]c1=O)C1CC(=O)N(c2ccc(F)cc2F)C1. The molecule has 1 aliphatic rings. The van der Waals surface area contributed by atoms with Crippen LogP contribution < -0.4 is 15.8 Å². The second kappa shape index (κ2) is 6.75. The average Bonchev–Trinajstić information content (AvgIpc) is 2.93. The lowest BCUT2D eigenvalue weighted by molar-refractivity contribution is -0.122. The Morgan fingerprint density at radius 1 is 1.28 bits per heavy atom. The van der Waals surface area contributed by atoms with Gasteiger partial charge in [-0.1, -0.05) is 0 Å². The van der Waals surface area contributed by atoms with Gasteiger partial charge in [-0.3, -0.25) is 14.4 Å². The van der Waals surface area contributed by atoms with E-state index in [1.54, 1.807) is 0 Å². The number of hydrogen-bond acceptors (Lipinski definition) is 3. The number of amides is 2. The molecule has 1 atom stereocenters. The van der Waals surface area contributed by atoms with Gasteiger partial charge >= 0.3 is 0 Å². The van der Waals surface area contributed by atoms with Crippen LogP contribution in [0.4, 0.5) is 20.2 Å². The Bertz CT molecular complexity index is 916. The monoisotopic (exact) mass is 411 g/mol. The minimum atomic E-state index is -0.877. The van der Waals surface area contributed by atoms with Gasteiger partial charge in [0.25, 0.3) is 5.56 Å². The van der Waals surface area contributed by atoms with Gasteiger partial charge in [0.15, 0.2) is 0 Å². The summed E-state index contributed by atoms with van der Waals surface area (Å²) in [4.78, 5) is 39.7. The van der Waals surface area contributed by atoms with Crippen LogP contribution in [-0.2, 0) is 9.59 Å². The zero-order valence-electron chi connectivity index (χ0n) is 12.7. The van der Waals surface area contributed by atoms with Crippen LogP contribution >= 0.6 is 15.9 Å². The second-order valence-electron chi connectivity index (χ2n) is 5.55. The minimum absolute atomic E-state index is 0.0400. The third-order valence-electron chi connectivity index (χ3n) is 3.82. The summed E-state index contributed by atoms with van der Waals surface area (Å²) in [6.07, 6.45) is 1.30. The maximum atomic E-state index is 13.9. The molecule has 0 bridgehead atoms. The number of benzene rings is 1. The van der Waals surface area contributed by atoms with Gasteiger partial charge in [-0.2, -0.15) is 0 Å². The van der Waals surface area contributed by atoms with E-state index >= 15 is 0 Å². The van der Waals surface area contributed by atoms with Crippen LogP contribution in [0.2, 0.25) is 0 Å². The average molecular weight is 412 g/mol. The number of halogens is 3. The maximum Gasteiger partial charge on any atom is 0.271 e. The smallest absolute Gasteiger partial charge is 0.271 e. The first-order valence-corrected chi connectivity index (χ1v) is 8.09. The topological polar surface area (TPSA) is 82.3 Å². The Morgan fingerprint density at radius 2 is 2.04 bits per heavy atom. The zero-order valence-corrected chi connectivity index (χ0v) is 14.3. The van der Waals surface area contributed by atoms with Crippen molar-refractivity contribution in [2.24, 2.45) is 5.92 Å². The fourth-order valence-electron chi connectivity index (χ4n) is 2.60. The molecule has 0 radical (unpaired) electrons. The highest BCUT2D eigenvalue weighted by molar-refractivity contribution is 9.10. The maximum absolute atomic E-state index is 13.9. The summed E-state index contributed by atoms with van der Waals surface area (Å²) in [6, 6.07) is 4.31. The number of pyridine rings is 1. The fraction of sp³-hybridized carbons (Fsp3) is 0.188. The molecule has 0 aliphatic carbocycles. The molecule has 0 saturated carbocycles. The molecule has 2 aromatic rings. The van der Waals surface area contributed by atoms with E-state index in [9.17, 15) is 23.2 Å². The molecule has 130 valence electrons. The molecule has 1 aliphatic heterocycles. The van der Waals surface area contributed by atoms with Crippen LogP contribution in [0, 0.1) is 17.6 Å². The van der Waals surface area contributed by atoms with Crippen molar-refractivity contribution in [1.29, 1.82) is 0 Å². The number of aromatic amines is 1. The number of rotatable bonds is 3. The predicted octanol–water partition coefficient (Wildman–Crippen LogP) is 2.41. The molecular formula is C16H12BrF2N3O3. The summed E-state index contributed by atoms with van der Waals surface area (Å²) in [6.45, 7) is -0.0564. The van der Waals surface area contributed by atoms with Crippen LogP contribution in [0.15, 0.2) is 39.7 Å². The van der Waals surface area contributed by atoms with Crippen molar-refractivity contribution in [1.82, 2.24) is 4.98 Å². The molecule has 1 aromatic heterocycles. The standard InChI is InChI=1S/C16H12BrF2N3O3/c17-9-4-12(16(25)20-6-9)21-15(24)8-3-14(23)22(7-8)13-2-1-10(18)5-11(13)19/h1-2,4-6,8H,3,7H2,(H,20,25)(H,21,24). The van der Waals surface area contributed by atoms with E-state index in [0.29, 0.717) is 10.5 Å². The Kier molecular flexibility index (Phi) is 4.67. The van der Waals surface area contributed by atoms with Crippen LogP contribution in [0.25, 0.3) is 0 Å². The van der Waals surface area contributed by atoms with E-state index in [1.165, 1.54) is 12.3 Å². The first-order valence-electron chi connectivity index (χ1n) is 7.29. The third-order valence-corrected chi connectivity index (χ3v) is 4.28. The van der Waals surface area contributed by atoms with Crippen LogP contribution in [-0.4, -0.2) is 23.3 Å².